The molecule has 1 aliphatic carbocycles. The molecule has 1 aliphatic rings. The molecular formula is C22H13NO. The van der Waals surface area contributed by atoms with Gasteiger partial charge in [-0.05, 0) is 29.8 Å². The molecule has 0 bridgehead atoms. The van der Waals surface area contributed by atoms with Crippen LogP contribution in [0.2, 0.25) is 0 Å². The lowest BCUT2D eigenvalue weighted by molar-refractivity contribution is 0.104. The molecular weight excluding hydrogens is 294 g/mol. The molecule has 0 spiro atoms. The number of nitrogens with zero attached hydrogens (tertiary/aromatic N) is 1. The van der Waals surface area contributed by atoms with Gasteiger partial charge in [-0.1, -0.05) is 54.6 Å². The van der Waals surface area contributed by atoms with Gasteiger partial charge in [0.05, 0.1) is 11.2 Å². The zero-order valence-corrected chi connectivity index (χ0v) is 12.9. The molecule has 0 fully saturated rings. The van der Waals surface area contributed by atoms with Crippen molar-refractivity contribution < 1.29 is 4.79 Å². The number of aromatic nitrogens is 1. The number of benzene rings is 3. The third kappa shape index (κ3) is 1.77. The highest BCUT2D eigenvalue weighted by molar-refractivity contribution is 6.25. The fourth-order valence-corrected chi connectivity index (χ4v) is 3.50. The van der Waals surface area contributed by atoms with E-state index in [4.69, 9.17) is 4.98 Å². The predicted molar refractivity (Wildman–Crippen MR) is 96.0 cm³/mol. The van der Waals surface area contributed by atoms with Gasteiger partial charge in [0.1, 0.15) is 0 Å². The molecule has 0 N–H and O–H groups in total. The second-order valence-electron chi connectivity index (χ2n) is 5.99. The summed E-state index contributed by atoms with van der Waals surface area (Å²) in [5.74, 6) is 0.106. The fraction of sp³-hybridized carbons (Fsp3) is 0. The van der Waals surface area contributed by atoms with Crippen LogP contribution in [0.4, 0.5) is 0 Å². The van der Waals surface area contributed by atoms with E-state index in [1.165, 1.54) is 0 Å². The van der Waals surface area contributed by atoms with Crippen molar-refractivity contribution in [2.45, 2.75) is 0 Å². The van der Waals surface area contributed by atoms with Crippen LogP contribution < -0.4 is 0 Å². The molecule has 0 radical (unpaired) electrons. The quantitative estimate of drug-likeness (QED) is 0.430. The molecule has 2 heteroatoms. The standard InChI is InChI=1S/C22H13NO/c24-22-16-9-5-4-8-15(16)21-17-10-12-19(14-6-2-1-3-7-14)23-20(17)13-11-18(21)22/h1-13H. The molecule has 3 aromatic carbocycles. The van der Waals surface area contributed by atoms with Gasteiger partial charge in [-0.25, -0.2) is 4.98 Å². The number of pyridine rings is 1. The van der Waals surface area contributed by atoms with E-state index >= 15 is 0 Å². The lowest BCUT2D eigenvalue weighted by Gasteiger charge is -2.08. The van der Waals surface area contributed by atoms with E-state index in [0.29, 0.717) is 0 Å². The van der Waals surface area contributed by atoms with Gasteiger partial charge >= 0.3 is 0 Å². The molecule has 0 atom stereocenters. The maximum absolute atomic E-state index is 12.6. The van der Waals surface area contributed by atoms with E-state index in [0.717, 1.165) is 44.4 Å². The van der Waals surface area contributed by atoms with Crippen molar-refractivity contribution in [1.29, 1.82) is 0 Å². The Morgan fingerprint density at radius 3 is 2.21 bits per heavy atom. The number of carbonyl (C=O) groups is 1. The van der Waals surface area contributed by atoms with Gasteiger partial charge in [-0.2, -0.15) is 0 Å². The van der Waals surface area contributed by atoms with Crippen LogP contribution in [0.5, 0.6) is 0 Å². The topological polar surface area (TPSA) is 30.0 Å². The van der Waals surface area contributed by atoms with E-state index in [1.54, 1.807) is 0 Å². The second kappa shape index (κ2) is 4.87. The maximum Gasteiger partial charge on any atom is 0.194 e. The molecule has 0 saturated heterocycles. The molecule has 1 heterocycles. The van der Waals surface area contributed by atoms with Crippen molar-refractivity contribution in [2.24, 2.45) is 0 Å². The van der Waals surface area contributed by atoms with Crippen LogP contribution in [0, 0.1) is 0 Å². The van der Waals surface area contributed by atoms with Crippen LogP contribution in [0.3, 0.4) is 0 Å². The van der Waals surface area contributed by atoms with E-state index in [2.05, 4.69) is 18.2 Å². The number of rotatable bonds is 1. The lowest BCUT2D eigenvalue weighted by atomic mass is 9.99. The summed E-state index contributed by atoms with van der Waals surface area (Å²) in [6, 6.07) is 25.9. The van der Waals surface area contributed by atoms with Crippen LogP contribution >= 0.6 is 0 Å². The van der Waals surface area contributed by atoms with Crippen molar-refractivity contribution in [3.63, 3.8) is 0 Å². The highest BCUT2D eigenvalue weighted by Crippen LogP contribution is 2.41. The maximum atomic E-state index is 12.6. The van der Waals surface area contributed by atoms with Gasteiger partial charge in [0.15, 0.2) is 5.78 Å². The summed E-state index contributed by atoms with van der Waals surface area (Å²) in [5.41, 5.74) is 6.54. The summed E-state index contributed by atoms with van der Waals surface area (Å²) in [7, 11) is 0. The number of ketones is 1. The minimum Gasteiger partial charge on any atom is -0.289 e. The average Bonchev–Trinajstić information content (AvgIpc) is 2.95. The minimum absolute atomic E-state index is 0.106. The molecule has 0 unspecified atom stereocenters. The van der Waals surface area contributed by atoms with Crippen LogP contribution in [-0.4, -0.2) is 10.8 Å². The Balaban J connectivity index is 1.79. The van der Waals surface area contributed by atoms with Gasteiger partial charge in [0, 0.05) is 27.6 Å². The van der Waals surface area contributed by atoms with Gasteiger partial charge in [0.2, 0.25) is 0 Å². The summed E-state index contributed by atoms with van der Waals surface area (Å²) < 4.78 is 0. The molecule has 112 valence electrons. The first kappa shape index (κ1) is 13.2. The van der Waals surface area contributed by atoms with Crippen molar-refractivity contribution in [2.75, 3.05) is 0 Å². The van der Waals surface area contributed by atoms with Crippen LogP contribution in [0.1, 0.15) is 15.9 Å². The molecule has 2 nitrogen and oxygen atoms in total. The Bertz CT molecular complexity index is 1110. The number of hydrogen-bond acceptors (Lipinski definition) is 2. The summed E-state index contributed by atoms with van der Waals surface area (Å²) >= 11 is 0. The van der Waals surface area contributed by atoms with Gasteiger partial charge in [-0.15, -0.1) is 0 Å². The number of hydrogen-bond donors (Lipinski definition) is 0. The van der Waals surface area contributed by atoms with E-state index < -0.39 is 0 Å². The summed E-state index contributed by atoms with van der Waals surface area (Å²) in [6.45, 7) is 0. The fourth-order valence-electron chi connectivity index (χ4n) is 3.50. The van der Waals surface area contributed by atoms with Crippen LogP contribution in [-0.2, 0) is 0 Å². The Labute approximate surface area is 139 Å². The third-order valence-electron chi connectivity index (χ3n) is 4.63. The summed E-state index contributed by atoms with van der Waals surface area (Å²) in [6.07, 6.45) is 0. The lowest BCUT2D eigenvalue weighted by Crippen LogP contribution is -1.95. The molecule has 0 aliphatic heterocycles. The molecule has 1 aromatic heterocycles. The molecule has 4 aromatic rings. The van der Waals surface area contributed by atoms with Crippen LogP contribution in [0.25, 0.3) is 33.3 Å². The van der Waals surface area contributed by atoms with E-state index in [-0.39, 0.29) is 5.78 Å². The average molecular weight is 307 g/mol. The van der Waals surface area contributed by atoms with Crippen molar-refractivity contribution in [3.05, 3.63) is 90.0 Å². The summed E-state index contributed by atoms with van der Waals surface area (Å²) in [5, 5.41) is 1.03. The zero-order valence-electron chi connectivity index (χ0n) is 12.9. The third-order valence-corrected chi connectivity index (χ3v) is 4.63. The predicted octanol–water partition coefficient (Wildman–Crippen LogP) is 5.11. The van der Waals surface area contributed by atoms with Gasteiger partial charge in [0.25, 0.3) is 0 Å². The molecule has 24 heavy (non-hydrogen) atoms. The Morgan fingerprint density at radius 1 is 0.625 bits per heavy atom. The normalized spacial score (nSPS) is 12.2. The zero-order chi connectivity index (χ0) is 16.1. The second-order valence-corrected chi connectivity index (χ2v) is 5.99. The number of fused-ring (bicyclic) bond motifs is 5. The monoisotopic (exact) mass is 307 g/mol. The molecule has 5 rings (SSSR count). The highest BCUT2D eigenvalue weighted by Gasteiger charge is 2.27. The Morgan fingerprint density at radius 2 is 1.38 bits per heavy atom. The smallest absolute Gasteiger partial charge is 0.194 e. The minimum atomic E-state index is 0.106. The van der Waals surface area contributed by atoms with E-state index in [9.17, 15) is 4.79 Å². The SMILES string of the molecule is O=C1c2ccccc2-c2c1ccc1nc(-c3ccccc3)ccc21. The first-order chi connectivity index (χ1) is 11.8. The largest absolute Gasteiger partial charge is 0.289 e. The highest BCUT2D eigenvalue weighted by atomic mass is 16.1. The Hall–Kier alpha value is -3.26. The van der Waals surface area contributed by atoms with Gasteiger partial charge in [-0.3, -0.25) is 4.79 Å². The molecule has 0 amide bonds. The van der Waals surface area contributed by atoms with E-state index in [1.807, 2.05) is 60.7 Å². The number of carbonyl (C=O) groups excluding carboxylic acids is 1. The first-order valence-electron chi connectivity index (χ1n) is 7.96. The van der Waals surface area contributed by atoms with Crippen LogP contribution in [0.15, 0.2) is 78.9 Å². The van der Waals surface area contributed by atoms with Gasteiger partial charge < -0.3 is 0 Å². The van der Waals surface area contributed by atoms with Crippen molar-refractivity contribution in [1.82, 2.24) is 4.98 Å². The van der Waals surface area contributed by atoms with Crippen molar-refractivity contribution in [3.8, 4) is 22.4 Å². The Kier molecular flexibility index (Phi) is 2.68. The first-order valence-corrected chi connectivity index (χ1v) is 7.96. The van der Waals surface area contributed by atoms with Crippen molar-refractivity contribution >= 4 is 16.7 Å². The summed E-state index contributed by atoms with van der Waals surface area (Å²) in [4.78, 5) is 17.4. The molecule has 0 saturated carbocycles.